The largest absolute Gasteiger partial charge is 0.493 e. The van der Waals surface area contributed by atoms with E-state index in [0.29, 0.717) is 6.61 Å². The summed E-state index contributed by atoms with van der Waals surface area (Å²) in [6, 6.07) is 6.13. The van der Waals surface area contributed by atoms with Gasteiger partial charge in [-0.25, -0.2) is 0 Å². The van der Waals surface area contributed by atoms with Crippen LogP contribution in [0.5, 0.6) is 11.5 Å². The molecule has 108 valence electrons. The van der Waals surface area contributed by atoms with E-state index in [0.717, 1.165) is 17.1 Å². The maximum absolute atomic E-state index is 5.69. The van der Waals surface area contributed by atoms with Gasteiger partial charge in [0.1, 0.15) is 6.61 Å². The highest BCUT2D eigenvalue weighted by molar-refractivity contribution is 5.58. The van der Waals surface area contributed by atoms with Gasteiger partial charge in [-0.15, -0.1) is 0 Å². The molecular formula is C18H24O2. The van der Waals surface area contributed by atoms with Gasteiger partial charge in [-0.2, -0.15) is 0 Å². The van der Waals surface area contributed by atoms with Gasteiger partial charge < -0.3 is 9.47 Å². The van der Waals surface area contributed by atoms with E-state index >= 15 is 0 Å². The highest BCUT2D eigenvalue weighted by atomic mass is 16.5. The van der Waals surface area contributed by atoms with Crippen molar-refractivity contribution >= 4 is 6.08 Å². The first-order valence-corrected chi connectivity index (χ1v) is 7.33. The smallest absolute Gasteiger partial charge is 0.161 e. The van der Waals surface area contributed by atoms with Crippen LogP contribution in [-0.2, 0) is 0 Å². The zero-order valence-electron chi connectivity index (χ0n) is 12.6. The van der Waals surface area contributed by atoms with Crippen molar-refractivity contribution in [2.45, 2.75) is 39.0 Å². The Hall–Kier alpha value is -1.70. The third-order valence-electron chi connectivity index (χ3n) is 3.53. The molecular weight excluding hydrogens is 248 g/mol. The van der Waals surface area contributed by atoms with Crippen molar-refractivity contribution in [3.05, 3.63) is 41.5 Å². The standard InChI is InChI=1S/C18H24O2/c1-14(2)13-20-17-10-9-16(12-18(17)19-3)11-15-7-5-4-6-8-15/h9-12H,1,4-8,13H2,2-3H3. The zero-order chi connectivity index (χ0) is 14.4. The van der Waals surface area contributed by atoms with E-state index < -0.39 is 0 Å². The first-order chi connectivity index (χ1) is 9.69. The normalized spacial score (nSPS) is 14.8. The second-order valence-electron chi connectivity index (χ2n) is 5.52. The lowest BCUT2D eigenvalue weighted by Crippen LogP contribution is -2.00. The molecule has 2 nitrogen and oxygen atoms in total. The molecule has 0 radical (unpaired) electrons. The lowest BCUT2D eigenvalue weighted by molar-refractivity contribution is 0.319. The maximum atomic E-state index is 5.69. The van der Waals surface area contributed by atoms with Crippen LogP contribution in [0.15, 0.2) is 35.9 Å². The number of allylic oxidation sites excluding steroid dienone is 1. The Bertz CT molecular complexity index is 492. The predicted octanol–water partition coefficient (Wildman–Crippen LogP) is 5.00. The number of ether oxygens (including phenoxy) is 2. The van der Waals surface area contributed by atoms with Gasteiger partial charge in [-0.1, -0.05) is 30.7 Å². The van der Waals surface area contributed by atoms with Crippen molar-refractivity contribution in [2.75, 3.05) is 13.7 Å². The summed E-state index contributed by atoms with van der Waals surface area (Å²) in [5.74, 6) is 1.57. The molecule has 0 bridgehead atoms. The van der Waals surface area contributed by atoms with E-state index in [2.05, 4.69) is 24.8 Å². The van der Waals surface area contributed by atoms with Crippen LogP contribution in [0.4, 0.5) is 0 Å². The fraction of sp³-hybridized carbons (Fsp3) is 0.444. The van der Waals surface area contributed by atoms with Gasteiger partial charge in [-0.05, 0) is 55.9 Å². The molecule has 1 aliphatic rings. The van der Waals surface area contributed by atoms with Crippen LogP contribution in [0.1, 0.15) is 44.6 Å². The van der Waals surface area contributed by atoms with Gasteiger partial charge in [0, 0.05) is 0 Å². The third kappa shape index (κ3) is 4.16. The molecule has 0 amide bonds. The van der Waals surface area contributed by atoms with Crippen LogP contribution >= 0.6 is 0 Å². The molecule has 1 aromatic carbocycles. The number of hydrogen-bond acceptors (Lipinski definition) is 2. The molecule has 0 heterocycles. The van der Waals surface area contributed by atoms with Crippen molar-refractivity contribution in [3.63, 3.8) is 0 Å². The lowest BCUT2D eigenvalue weighted by atomic mass is 9.93. The van der Waals surface area contributed by atoms with Gasteiger partial charge in [0.15, 0.2) is 11.5 Å². The maximum Gasteiger partial charge on any atom is 0.161 e. The molecule has 0 aromatic heterocycles. The Morgan fingerprint density at radius 1 is 1.20 bits per heavy atom. The minimum Gasteiger partial charge on any atom is -0.493 e. The Kier molecular flexibility index (Phi) is 5.28. The average Bonchev–Trinajstić information content (AvgIpc) is 2.46. The third-order valence-corrected chi connectivity index (χ3v) is 3.53. The van der Waals surface area contributed by atoms with Crippen molar-refractivity contribution < 1.29 is 9.47 Å². The van der Waals surface area contributed by atoms with Crippen LogP contribution < -0.4 is 9.47 Å². The van der Waals surface area contributed by atoms with E-state index in [1.165, 1.54) is 37.7 Å². The van der Waals surface area contributed by atoms with Crippen LogP contribution in [0.2, 0.25) is 0 Å². The van der Waals surface area contributed by atoms with Gasteiger partial charge in [-0.3, -0.25) is 0 Å². The molecule has 1 saturated carbocycles. The van der Waals surface area contributed by atoms with E-state index in [9.17, 15) is 0 Å². The fourth-order valence-corrected chi connectivity index (χ4v) is 2.48. The topological polar surface area (TPSA) is 18.5 Å². The van der Waals surface area contributed by atoms with E-state index in [-0.39, 0.29) is 0 Å². The number of hydrogen-bond donors (Lipinski definition) is 0. The van der Waals surface area contributed by atoms with E-state index in [4.69, 9.17) is 9.47 Å². The predicted molar refractivity (Wildman–Crippen MR) is 84.4 cm³/mol. The highest BCUT2D eigenvalue weighted by Gasteiger charge is 2.08. The quantitative estimate of drug-likeness (QED) is 0.702. The Morgan fingerprint density at radius 2 is 1.95 bits per heavy atom. The zero-order valence-corrected chi connectivity index (χ0v) is 12.6. The Morgan fingerprint density at radius 3 is 2.60 bits per heavy atom. The minimum absolute atomic E-state index is 0.525. The molecule has 0 saturated heterocycles. The molecule has 0 spiro atoms. The summed E-state index contributed by atoms with van der Waals surface area (Å²) in [4.78, 5) is 0. The number of benzene rings is 1. The Balaban J connectivity index is 2.13. The second kappa shape index (κ2) is 7.18. The fourth-order valence-electron chi connectivity index (χ4n) is 2.48. The van der Waals surface area contributed by atoms with Crippen LogP contribution in [0.25, 0.3) is 6.08 Å². The minimum atomic E-state index is 0.525. The molecule has 1 fully saturated rings. The van der Waals surface area contributed by atoms with Crippen molar-refractivity contribution in [1.29, 1.82) is 0 Å². The second-order valence-corrected chi connectivity index (χ2v) is 5.52. The number of rotatable bonds is 5. The SMILES string of the molecule is C=C(C)COc1ccc(C=C2CCCCC2)cc1OC. The summed E-state index contributed by atoms with van der Waals surface area (Å²) in [5.41, 5.74) is 3.75. The number of methoxy groups -OCH3 is 1. The molecule has 1 aliphatic carbocycles. The van der Waals surface area contributed by atoms with Gasteiger partial charge >= 0.3 is 0 Å². The first kappa shape index (κ1) is 14.7. The molecule has 2 heteroatoms. The van der Waals surface area contributed by atoms with E-state index in [1.807, 2.05) is 13.0 Å². The Labute approximate surface area is 122 Å². The van der Waals surface area contributed by atoms with Crippen molar-refractivity contribution in [3.8, 4) is 11.5 Å². The summed E-state index contributed by atoms with van der Waals surface area (Å²) >= 11 is 0. The molecule has 2 rings (SSSR count). The molecule has 0 unspecified atom stereocenters. The van der Waals surface area contributed by atoms with Crippen molar-refractivity contribution in [1.82, 2.24) is 0 Å². The van der Waals surface area contributed by atoms with E-state index in [1.54, 1.807) is 12.7 Å². The summed E-state index contributed by atoms with van der Waals surface area (Å²) in [5, 5.41) is 0. The summed E-state index contributed by atoms with van der Waals surface area (Å²) in [7, 11) is 1.68. The molecule has 1 aromatic rings. The monoisotopic (exact) mass is 272 g/mol. The summed E-state index contributed by atoms with van der Waals surface area (Å²) in [6.07, 6.45) is 8.77. The van der Waals surface area contributed by atoms with Gasteiger partial charge in [0.25, 0.3) is 0 Å². The summed E-state index contributed by atoms with van der Waals surface area (Å²) < 4.78 is 11.1. The highest BCUT2D eigenvalue weighted by Crippen LogP contribution is 2.31. The molecule has 0 atom stereocenters. The van der Waals surface area contributed by atoms with Crippen LogP contribution in [0.3, 0.4) is 0 Å². The molecule has 20 heavy (non-hydrogen) atoms. The summed E-state index contributed by atoms with van der Waals surface area (Å²) in [6.45, 7) is 6.32. The van der Waals surface area contributed by atoms with Crippen LogP contribution in [-0.4, -0.2) is 13.7 Å². The molecule has 0 N–H and O–H groups in total. The average molecular weight is 272 g/mol. The molecule has 0 aliphatic heterocycles. The van der Waals surface area contributed by atoms with Crippen molar-refractivity contribution in [2.24, 2.45) is 0 Å². The lowest BCUT2D eigenvalue weighted by Gasteiger charge is -2.14. The van der Waals surface area contributed by atoms with Crippen LogP contribution in [0, 0.1) is 0 Å². The van der Waals surface area contributed by atoms with Gasteiger partial charge in [0.05, 0.1) is 7.11 Å². The first-order valence-electron chi connectivity index (χ1n) is 7.33. The van der Waals surface area contributed by atoms with Gasteiger partial charge in [0.2, 0.25) is 0 Å².